The summed E-state index contributed by atoms with van der Waals surface area (Å²) >= 11 is 0. The average molecular weight is 270 g/mol. The van der Waals surface area contributed by atoms with Gasteiger partial charge in [0.25, 0.3) is 0 Å². The van der Waals surface area contributed by atoms with Crippen LogP contribution in [0.4, 0.5) is 0 Å². The quantitative estimate of drug-likeness (QED) is 0.799. The van der Waals surface area contributed by atoms with Gasteiger partial charge in [-0.15, -0.1) is 0 Å². The fraction of sp³-hybridized carbons (Fsp3) is 0.538. The van der Waals surface area contributed by atoms with Gasteiger partial charge >= 0.3 is 0 Å². The molecule has 5 heteroatoms. The Bertz CT molecular complexity index is 472. The first kappa shape index (κ1) is 15.1. The molecule has 0 bridgehead atoms. The van der Waals surface area contributed by atoms with E-state index in [1.807, 2.05) is 31.1 Å². The minimum Gasteiger partial charge on any atom is -0.316 e. The molecular formula is C13H22N2O2S. The zero-order valence-electron chi connectivity index (χ0n) is 11.3. The number of benzene rings is 1. The SMILES string of the molecule is CNCc1ccccc1CN(C)CCS(C)(=O)=O. The Morgan fingerprint density at radius 1 is 1.22 bits per heavy atom. The van der Waals surface area contributed by atoms with Crippen LogP contribution in [-0.2, 0) is 22.9 Å². The lowest BCUT2D eigenvalue weighted by Gasteiger charge is -2.18. The topological polar surface area (TPSA) is 49.4 Å². The third kappa shape index (κ3) is 5.62. The molecule has 0 atom stereocenters. The lowest BCUT2D eigenvalue weighted by molar-refractivity contribution is 0.345. The lowest BCUT2D eigenvalue weighted by Crippen LogP contribution is -2.25. The molecule has 1 aromatic carbocycles. The van der Waals surface area contributed by atoms with Crippen LogP contribution in [0, 0.1) is 0 Å². The van der Waals surface area contributed by atoms with Crippen molar-refractivity contribution in [3.8, 4) is 0 Å². The van der Waals surface area contributed by atoms with E-state index in [0.717, 1.165) is 13.1 Å². The minimum absolute atomic E-state index is 0.206. The van der Waals surface area contributed by atoms with Gasteiger partial charge in [-0.25, -0.2) is 8.42 Å². The molecule has 0 aromatic heterocycles. The Hall–Kier alpha value is -0.910. The Labute approximate surface area is 110 Å². The lowest BCUT2D eigenvalue weighted by atomic mass is 10.1. The Balaban J connectivity index is 2.61. The van der Waals surface area contributed by atoms with E-state index in [-0.39, 0.29) is 5.75 Å². The summed E-state index contributed by atoms with van der Waals surface area (Å²) in [7, 11) is 0.981. The molecule has 0 fully saturated rings. The molecule has 0 spiro atoms. The second-order valence-corrected chi connectivity index (χ2v) is 6.93. The first-order valence-corrected chi connectivity index (χ1v) is 8.06. The summed E-state index contributed by atoms with van der Waals surface area (Å²) in [5, 5.41) is 3.14. The highest BCUT2D eigenvalue weighted by molar-refractivity contribution is 7.90. The maximum absolute atomic E-state index is 11.1. The standard InChI is InChI=1S/C13H22N2O2S/c1-14-10-12-6-4-5-7-13(12)11-15(2)8-9-18(3,16)17/h4-7,14H,8-11H2,1-3H3. The highest BCUT2D eigenvalue weighted by Gasteiger charge is 2.08. The molecule has 0 saturated heterocycles. The van der Waals surface area contributed by atoms with Crippen LogP contribution in [-0.4, -0.2) is 46.0 Å². The summed E-state index contributed by atoms with van der Waals surface area (Å²) in [6, 6.07) is 8.21. The third-order valence-corrected chi connectivity index (χ3v) is 3.69. The summed E-state index contributed by atoms with van der Waals surface area (Å²) in [5.74, 6) is 0.206. The van der Waals surface area contributed by atoms with Crippen molar-refractivity contribution in [3.63, 3.8) is 0 Å². The third-order valence-electron chi connectivity index (χ3n) is 2.77. The Kier molecular flexibility index (Phi) is 5.78. The van der Waals surface area contributed by atoms with Crippen molar-refractivity contribution in [3.05, 3.63) is 35.4 Å². The van der Waals surface area contributed by atoms with Gasteiger partial charge in [0, 0.05) is 25.9 Å². The van der Waals surface area contributed by atoms with Crippen molar-refractivity contribution < 1.29 is 8.42 Å². The molecule has 0 aliphatic carbocycles. The molecule has 0 aliphatic heterocycles. The van der Waals surface area contributed by atoms with Crippen LogP contribution in [0.5, 0.6) is 0 Å². The van der Waals surface area contributed by atoms with Gasteiger partial charge in [0.05, 0.1) is 5.75 Å². The number of rotatable bonds is 7. The van der Waals surface area contributed by atoms with Gasteiger partial charge in [-0.05, 0) is 25.2 Å². The van der Waals surface area contributed by atoms with E-state index in [2.05, 4.69) is 17.4 Å². The van der Waals surface area contributed by atoms with Crippen LogP contribution >= 0.6 is 0 Å². The molecule has 102 valence electrons. The molecule has 0 unspecified atom stereocenters. The van der Waals surface area contributed by atoms with Crippen molar-refractivity contribution >= 4 is 9.84 Å². The molecule has 0 amide bonds. The summed E-state index contributed by atoms with van der Waals surface area (Å²) < 4.78 is 22.2. The Morgan fingerprint density at radius 2 is 1.83 bits per heavy atom. The Morgan fingerprint density at radius 3 is 2.39 bits per heavy atom. The van der Waals surface area contributed by atoms with E-state index in [4.69, 9.17) is 0 Å². The van der Waals surface area contributed by atoms with Crippen molar-refractivity contribution in [1.82, 2.24) is 10.2 Å². The van der Waals surface area contributed by atoms with Crippen LogP contribution in [0.15, 0.2) is 24.3 Å². The average Bonchev–Trinajstić information content (AvgIpc) is 2.29. The number of hydrogen-bond donors (Lipinski definition) is 1. The van der Waals surface area contributed by atoms with E-state index < -0.39 is 9.84 Å². The first-order chi connectivity index (χ1) is 8.42. The fourth-order valence-corrected chi connectivity index (χ4v) is 2.41. The second kappa shape index (κ2) is 6.87. The van der Waals surface area contributed by atoms with Gasteiger partial charge in [0.1, 0.15) is 9.84 Å². The van der Waals surface area contributed by atoms with E-state index >= 15 is 0 Å². The van der Waals surface area contributed by atoms with Gasteiger partial charge in [0.2, 0.25) is 0 Å². The number of nitrogens with one attached hydrogen (secondary N) is 1. The smallest absolute Gasteiger partial charge is 0.148 e. The highest BCUT2D eigenvalue weighted by atomic mass is 32.2. The van der Waals surface area contributed by atoms with E-state index in [1.165, 1.54) is 17.4 Å². The van der Waals surface area contributed by atoms with Crippen molar-refractivity contribution in [1.29, 1.82) is 0 Å². The number of sulfone groups is 1. The largest absolute Gasteiger partial charge is 0.316 e. The van der Waals surface area contributed by atoms with E-state index in [1.54, 1.807) is 0 Å². The predicted octanol–water partition coefficient (Wildman–Crippen LogP) is 0.882. The first-order valence-electron chi connectivity index (χ1n) is 6.00. The van der Waals surface area contributed by atoms with E-state index in [0.29, 0.717) is 6.54 Å². The summed E-state index contributed by atoms with van der Waals surface area (Å²) in [5.41, 5.74) is 2.49. The monoisotopic (exact) mass is 270 g/mol. The molecule has 0 saturated carbocycles. The van der Waals surface area contributed by atoms with Crippen molar-refractivity contribution in [2.45, 2.75) is 13.1 Å². The molecule has 1 aromatic rings. The van der Waals surface area contributed by atoms with Gasteiger partial charge in [0.15, 0.2) is 0 Å². The van der Waals surface area contributed by atoms with E-state index in [9.17, 15) is 8.42 Å². The minimum atomic E-state index is -2.89. The summed E-state index contributed by atoms with van der Waals surface area (Å²) in [4.78, 5) is 2.04. The molecule has 0 aliphatic rings. The maximum atomic E-state index is 11.1. The highest BCUT2D eigenvalue weighted by Crippen LogP contribution is 2.10. The molecule has 18 heavy (non-hydrogen) atoms. The van der Waals surface area contributed by atoms with Crippen molar-refractivity contribution in [2.24, 2.45) is 0 Å². The van der Waals surface area contributed by atoms with Gasteiger partial charge in [-0.3, -0.25) is 0 Å². The number of hydrogen-bond acceptors (Lipinski definition) is 4. The molecule has 4 nitrogen and oxygen atoms in total. The zero-order chi connectivity index (χ0) is 13.6. The molecule has 0 radical (unpaired) electrons. The van der Waals surface area contributed by atoms with Crippen molar-refractivity contribution in [2.75, 3.05) is 32.6 Å². The maximum Gasteiger partial charge on any atom is 0.148 e. The number of nitrogens with zero attached hydrogens (tertiary/aromatic N) is 1. The summed E-state index contributed by atoms with van der Waals surface area (Å²) in [6.45, 7) is 2.16. The van der Waals surface area contributed by atoms with Gasteiger partial charge in [-0.2, -0.15) is 0 Å². The van der Waals surface area contributed by atoms with Gasteiger partial charge < -0.3 is 10.2 Å². The van der Waals surface area contributed by atoms with Crippen LogP contribution < -0.4 is 5.32 Å². The predicted molar refractivity (Wildman–Crippen MR) is 75.3 cm³/mol. The van der Waals surface area contributed by atoms with Crippen LogP contribution in [0.3, 0.4) is 0 Å². The normalized spacial score (nSPS) is 12.0. The summed E-state index contributed by atoms with van der Waals surface area (Å²) in [6.07, 6.45) is 1.27. The molecule has 1 rings (SSSR count). The molecular weight excluding hydrogens is 248 g/mol. The van der Waals surface area contributed by atoms with Gasteiger partial charge in [-0.1, -0.05) is 24.3 Å². The second-order valence-electron chi connectivity index (χ2n) is 4.67. The van der Waals surface area contributed by atoms with Crippen LogP contribution in [0.2, 0.25) is 0 Å². The van der Waals surface area contributed by atoms with Crippen LogP contribution in [0.1, 0.15) is 11.1 Å². The van der Waals surface area contributed by atoms with Crippen LogP contribution in [0.25, 0.3) is 0 Å². The zero-order valence-corrected chi connectivity index (χ0v) is 12.1. The fourth-order valence-electron chi connectivity index (χ4n) is 1.77. The molecule has 1 N–H and O–H groups in total. The molecule has 0 heterocycles.